The molecule has 0 N–H and O–H groups in total. The molecule has 0 aromatic rings. The molecule has 2 fully saturated rings. The predicted octanol–water partition coefficient (Wildman–Crippen LogP) is 5.98. The van der Waals surface area contributed by atoms with Gasteiger partial charge < -0.3 is 0 Å². The number of fused-ring (bicyclic) bond motifs is 3. The molecule has 4 atom stereocenters. The van der Waals surface area contributed by atoms with Gasteiger partial charge in [0.1, 0.15) is 0 Å². The average molecular weight is 248 g/mol. The minimum Gasteiger partial charge on any atom is -0.0845 e. The second-order valence-corrected chi connectivity index (χ2v) is 6.87. The van der Waals surface area contributed by atoms with Crippen LogP contribution in [0.4, 0.5) is 0 Å². The molecular weight excluding hydrogens is 216 g/mol. The first kappa shape index (κ1) is 14.2. The molecule has 0 heterocycles. The second kappa shape index (κ2) is 5.80. The maximum Gasteiger partial charge on any atom is -0.00854 e. The van der Waals surface area contributed by atoms with E-state index in [0.29, 0.717) is 5.41 Å². The first-order valence-electron chi connectivity index (χ1n) is 8.39. The summed E-state index contributed by atoms with van der Waals surface area (Å²) in [6, 6.07) is 0. The lowest BCUT2D eigenvalue weighted by atomic mass is 9.53. The normalized spacial score (nSPS) is 42.9. The zero-order valence-corrected chi connectivity index (χ0v) is 13.0. The highest BCUT2D eigenvalue weighted by Gasteiger charge is 2.46. The zero-order valence-electron chi connectivity index (χ0n) is 13.0. The molecule has 3 aliphatic rings. The predicted molar refractivity (Wildman–Crippen MR) is 80.6 cm³/mol. The van der Waals surface area contributed by atoms with Gasteiger partial charge in [0.15, 0.2) is 0 Å². The van der Waals surface area contributed by atoms with Crippen LogP contribution in [0.25, 0.3) is 0 Å². The lowest BCUT2D eigenvalue weighted by molar-refractivity contribution is 0.0535. The van der Waals surface area contributed by atoms with Crippen LogP contribution in [0.15, 0.2) is 11.6 Å². The first-order valence-corrected chi connectivity index (χ1v) is 8.39. The van der Waals surface area contributed by atoms with E-state index in [1.54, 1.807) is 0 Å². The van der Waals surface area contributed by atoms with Crippen molar-refractivity contribution in [2.24, 2.45) is 23.2 Å². The standard InChI is InChI=1S/C16H26.C2H6/c1-12-6-9-15-13(11-12)7-8-14-5-3-4-10-16(14,15)2;1-2/h8,12-13,15H,3-7,9-11H2,1-2H3;1-2H3. The fourth-order valence-electron chi connectivity index (χ4n) is 4.90. The molecule has 0 aliphatic heterocycles. The summed E-state index contributed by atoms with van der Waals surface area (Å²) >= 11 is 0. The monoisotopic (exact) mass is 248 g/mol. The topological polar surface area (TPSA) is 0 Å². The maximum atomic E-state index is 2.64. The van der Waals surface area contributed by atoms with Crippen LogP contribution in [0.1, 0.15) is 79.1 Å². The number of hydrogen-bond donors (Lipinski definition) is 0. The van der Waals surface area contributed by atoms with Gasteiger partial charge in [0, 0.05) is 0 Å². The van der Waals surface area contributed by atoms with Crippen LogP contribution in [-0.2, 0) is 0 Å². The van der Waals surface area contributed by atoms with Crippen LogP contribution in [0.2, 0.25) is 0 Å². The van der Waals surface area contributed by atoms with E-state index < -0.39 is 0 Å². The Kier molecular flexibility index (Phi) is 4.56. The Morgan fingerprint density at radius 1 is 1.17 bits per heavy atom. The maximum absolute atomic E-state index is 2.64. The van der Waals surface area contributed by atoms with E-state index in [1.807, 2.05) is 19.4 Å². The largest absolute Gasteiger partial charge is 0.0845 e. The zero-order chi connectivity index (χ0) is 13.2. The number of hydrogen-bond acceptors (Lipinski definition) is 0. The summed E-state index contributed by atoms with van der Waals surface area (Å²) in [5, 5.41) is 0. The van der Waals surface area contributed by atoms with Gasteiger partial charge in [-0.1, -0.05) is 52.2 Å². The van der Waals surface area contributed by atoms with E-state index in [0.717, 1.165) is 17.8 Å². The van der Waals surface area contributed by atoms with Crippen molar-refractivity contribution in [2.75, 3.05) is 0 Å². The molecule has 3 rings (SSSR count). The molecule has 4 unspecified atom stereocenters. The van der Waals surface area contributed by atoms with Crippen molar-refractivity contribution in [3.05, 3.63) is 11.6 Å². The Morgan fingerprint density at radius 3 is 2.72 bits per heavy atom. The number of allylic oxidation sites excluding steroid dienone is 2. The van der Waals surface area contributed by atoms with Gasteiger partial charge in [-0.05, 0) is 61.7 Å². The highest BCUT2D eigenvalue weighted by Crippen LogP contribution is 2.57. The van der Waals surface area contributed by atoms with Gasteiger partial charge in [0.25, 0.3) is 0 Å². The molecule has 0 nitrogen and oxygen atoms in total. The van der Waals surface area contributed by atoms with Crippen LogP contribution in [0, 0.1) is 23.2 Å². The van der Waals surface area contributed by atoms with Crippen molar-refractivity contribution in [3.63, 3.8) is 0 Å². The molecule has 0 spiro atoms. The van der Waals surface area contributed by atoms with Gasteiger partial charge in [0.2, 0.25) is 0 Å². The van der Waals surface area contributed by atoms with Crippen LogP contribution >= 0.6 is 0 Å². The summed E-state index contributed by atoms with van der Waals surface area (Å²) in [6.45, 7) is 9.05. The van der Waals surface area contributed by atoms with Crippen molar-refractivity contribution in [1.82, 2.24) is 0 Å². The summed E-state index contributed by atoms with van der Waals surface area (Å²) < 4.78 is 0. The summed E-state index contributed by atoms with van der Waals surface area (Å²) in [4.78, 5) is 0. The van der Waals surface area contributed by atoms with Crippen molar-refractivity contribution in [1.29, 1.82) is 0 Å². The smallest absolute Gasteiger partial charge is 0.00854 e. The van der Waals surface area contributed by atoms with Crippen molar-refractivity contribution >= 4 is 0 Å². The van der Waals surface area contributed by atoms with Crippen LogP contribution in [0.5, 0.6) is 0 Å². The molecule has 0 bridgehead atoms. The Balaban J connectivity index is 0.000000574. The van der Waals surface area contributed by atoms with E-state index in [4.69, 9.17) is 0 Å². The third-order valence-corrected chi connectivity index (χ3v) is 5.86. The summed E-state index contributed by atoms with van der Waals surface area (Å²) in [6.07, 6.45) is 14.4. The fraction of sp³-hybridized carbons (Fsp3) is 0.889. The van der Waals surface area contributed by atoms with E-state index >= 15 is 0 Å². The summed E-state index contributed by atoms with van der Waals surface area (Å²) in [5.74, 6) is 3.04. The molecular formula is C18H32. The van der Waals surface area contributed by atoms with Crippen LogP contribution < -0.4 is 0 Å². The Labute approximate surface area is 114 Å². The van der Waals surface area contributed by atoms with Gasteiger partial charge in [-0.2, -0.15) is 0 Å². The first-order chi connectivity index (χ1) is 8.70. The third kappa shape index (κ3) is 2.40. The minimum atomic E-state index is 0.612. The van der Waals surface area contributed by atoms with Crippen molar-refractivity contribution in [2.45, 2.75) is 79.1 Å². The Morgan fingerprint density at radius 2 is 1.94 bits per heavy atom. The highest BCUT2D eigenvalue weighted by atomic mass is 14.5. The molecule has 0 aromatic heterocycles. The van der Waals surface area contributed by atoms with Gasteiger partial charge >= 0.3 is 0 Å². The molecule has 0 radical (unpaired) electrons. The Bertz CT molecular complexity index is 301. The molecule has 0 amide bonds. The third-order valence-electron chi connectivity index (χ3n) is 5.86. The quantitative estimate of drug-likeness (QED) is 0.463. The molecule has 0 heteroatoms. The van der Waals surface area contributed by atoms with E-state index in [1.165, 1.54) is 51.4 Å². The van der Waals surface area contributed by atoms with Crippen molar-refractivity contribution < 1.29 is 0 Å². The molecule has 104 valence electrons. The molecule has 0 aromatic carbocycles. The molecule has 0 saturated heterocycles. The lowest BCUT2D eigenvalue weighted by Gasteiger charge is -2.52. The Hall–Kier alpha value is -0.260. The lowest BCUT2D eigenvalue weighted by Crippen LogP contribution is -2.42. The minimum absolute atomic E-state index is 0.612. The van der Waals surface area contributed by atoms with Crippen LogP contribution in [-0.4, -0.2) is 0 Å². The van der Waals surface area contributed by atoms with Gasteiger partial charge in [-0.25, -0.2) is 0 Å². The van der Waals surface area contributed by atoms with Gasteiger partial charge in [0.05, 0.1) is 0 Å². The van der Waals surface area contributed by atoms with E-state index in [9.17, 15) is 0 Å². The van der Waals surface area contributed by atoms with E-state index in [-0.39, 0.29) is 0 Å². The van der Waals surface area contributed by atoms with Gasteiger partial charge in [-0.15, -0.1) is 0 Å². The number of rotatable bonds is 0. The van der Waals surface area contributed by atoms with Gasteiger partial charge in [-0.3, -0.25) is 0 Å². The van der Waals surface area contributed by atoms with Crippen molar-refractivity contribution in [3.8, 4) is 0 Å². The average Bonchev–Trinajstić information content (AvgIpc) is 2.40. The fourth-order valence-corrected chi connectivity index (χ4v) is 4.90. The molecule has 3 aliphatic carbocycles. The van der Waals surface area contributed by atoms with Crippen LogP contribution in [0.3, 0.4) is 0 Å². The summed E-state index contributed by atoms with van der Waals surface area (Å²) in [7, 11) is 0. The molecule has 18 heavy (non-hydrogen) atoms. The van der Waals surface area contributed by atoms with E-state index in [2.05, 4.69) is 19.9 Å². The SMILES string of the molecule is CC.CC1CCC2C(CC=C3CCCCC32C)C1. The second-order valence-electron chi connectivity index (χ2n) is 6.87. The molecule has 2 saturated carbocycles. The summed E-state index contributed by atoms with van der Waals surface area (Å²) in [5.41, 5.74) is 2.45. The highest BCUT2D eigenvalue weighted by molar-refractivity contribution is 5.22.